The van der Waals surface area contributed by atoms with Crippen molar-refractivity contribution in [3.05, 3.63) is 87.5 Å². The number of piperazine rings is 1. The minimum Gasteiger partial charge on any atom is -0.459 e. The van der Waals surface area contributed by atoms with Crippen LogP contribution in [0.5, 0.6) is 11.5 Å². The number of rotatable bonds is 10. The number of carbonyl (C=O) groups excluding carboxylic acids is 1. The number of benzene rings is 2. The van der Waals surface area contributed by atoms with Gasteiger partial charge in [-0.25, -0.2) is 4.68 Å². The van der Waals surface area contributed by atoms with E-state index in [4.69, 9.17) is 18.9 Å². The Morgan fingerprint density at radius 3 is 2.53 bits per heavy atom. The van der Waals surface area contributed by atoms with E-state index in [2.05, 4.69) is 4.90 Å². The second-order valence-corrected chi connectivity index (χ2v) is 11.8. The van der Waals surface area contributed by atoms with Gasteiger partial charge in [-0.15, -0.1) is 0 Å². The average Bonchev–Trinajstić information content (AvgIpc) is 3.61. The standard InChI is InChI=1S/C34H42N4O7/c1-4-42-34-26(11-8-18-39)27(31-23(2)35(3)38(33(31)41)25-9-6-5-7-10-25)20-30(45-34)32(40)37-16-14-36(15-17-37)21-24-12-13-28-29(19-24)44-22-43-28/h5-7,9-10,12-13,19-20,26-27,34,39H,4,8,11,14-18,21-22H2,1-3H3. The lowest BCUT2D eigenvalue weighted by Crippen LogP contribution is -2.50. The van der Waals surface area contributed by atoms with Crippen LogP contribution in [0.25, 0.3) is 5.69 Å². The first-order valence-electron chi connectivity index (χ1n) is 15.7. The van der Waals surface area contributed by atoms with Crippen LogP contribution in [-0.2, 0) is 27.9 Å². The van der Waals surface area contributed by atoms with Crippen molar-refractivity contribution < 1.29 is 28.8 Å². The SMILES string of the molecule is CCOC1OC(C(=O)N2CCN(Cc3ccc4c(c3)OCO4)CC2)=CC(c2c(C)n(C)n(-c3ccccc3)c2=O)C1CCCO. The zero-order valence-corrected chi connectivity index (χ0v) is 26.2. The van der Waals surface area contributed by atoms with E-state index in [0.29, 0.717) is 51.2 Å². The summed E-state index contributed by atoms with van der Waals surface area (Å²) in [5.41, 5.74) is 3.17. The number of fused-ring (bicyclic) bond motifs is 1. The Labute approximate surface area is 263 Å². The number of hydrogen-bond acceptors (Lipinski definition) is 8. The lowest BCUT2D eigenvalue weighted by molar-refractivity contribution is -0.171. The fourth-order valence-corrected chi connectivity index (χ4v) is 6.63. The van der Waals surface area contributed by atoms with Crippen LogP contribution in [0.4, 0.5) is 0 Å². The first kappa shape index (κ1) is 30.9. The largest absolute Gasteiger partial charge is 0.459 e. The van der Waals surface area contributed by atoms with Gasteiger partial charge in [0.25, 0.3) is 11.5 Å². The van der Waals surface area contributed by atoms with Crippen molar-refractivity contribution >= 4 is 5.91 Å². The molecule has 1 N–H and O–H groups in total. The molecule has 2 aromatic carbocycles. The summed E-state index contributed by atoms with van der Waals surface area (Å²) in [6, 6.07) is 15.5. The summed E-state index contributed by atoms with van der Waals surface area (Å²) in [6.07, 6.45) is 2.18. The molecule has 3 atom stereocenters. The van der Waals surface area contributed by atoms with Crippen molar-refractivity contribution in [2.75, 3.05) is 46.2 Å². The van der Waals surface area contributed by atoms with Crippen LogP contribution in [-0.4, -0.2) is 82.7 Å². The fourth-order valence-electron chi connectivity index (χ4n) is 6.63. The first-order chi connectivity index (χ1) is 21.9. The third-order valence-corrected chi connectivity index (χ3v) is 9.06. The van der Waals surface area contributed by atoms with Gasteiger partial charge in [-0.05, 0) is 62.6 Å². The van der Waals surface area contributed by atoms with E-state index >= 15 is 0 Å². The third kappa shape index (κ3) is 6.25. The maximum absolute atomic E-state index is 14.1. The second-order valence-electron chi connectivity index (χ2n) is 11.8. The Morgan fingerprint density at radius 1 is 1.04 bits per heavy atom. The van der Waals surface area contributed by atoms with Crippen molar-refractivity contribution in [1.82, 2.24) is 19.2 Å². The molecule has 0 spiro atoms. The van der Waals surface area contributed by atoms with E-state index in [9.17, 15) is 14.7 Å². The molecule has 11 nitrogen and oxygen atoms in total. The van der Waals surface area contributed by atoms with Crippen LogP contribution >= 0.6 is 0 Å². The Balaban J connectivity index is 1.25. The van der Waals surface area contributed by atoms with Gasteiger partial charge in [0, 0.05) is 76.1 Å². The molecule has 11 heteroatoms. The minimum absolute atomic E-state index is 0.0100. The number of aliphatic hydroxyl groups excluding tert-OH is 1. The van der Waals surface area contributed by atoms with Gasteiger partial charge in [0.2, 0.25) is 13.1 Å². The highest BCUT2D eigenvalue weighted by Crippen LogP contribution is 2.40. The predicted octanol–water partition coefficient (Wildman–Crippen LogP) is 3.31. The van der Waals surface area contributed by atoms with Gasteiger partial charge in [-0.2, -0.15) is 0 Å². The summed E-state index contributed by atoms with van der Waals surface area (Å²) >= 11 is 0. The molecule has 0 saturated carbocycles. The summed E-state index contributed by atoms with van der Waals surface area (Å²) < 4.78 is 26.8. The van der Waals surface area contributed by atoms with Crippen LogP contribution < -0.4 is 15.0 Å². The number of hydrogen-bond donors (Lipinski definition) is 1. The number of nitrogens with zero attached hydrogens (tertiary/aromatic N) is 4. The summed E-state index contributed by atoms with van der Waals surface area (Å²) in [6.45, 7) is 7.73. The molecule has 3 aliphatic rings. The van der Waals surface area contributed by atoms with Crippen LogP contribution in [0, 0.1) is 12.8 Å². The monoisotopic (exact) mass is 618 g/mol. The average molecular weight is 619 g/mol. The maximum Gasteiger partial charge on any atom is 0.288 e. The molecular weight excluding hydrogens is 576 g/mol. The molecule has 1 saturated heterocycles. The van der Waals surface area contributed by atoms with Gasteiger partial charge in [0.15, 0.2) is 17.3 Å². The summed E-state index contributed by atoms with van der Waals surface area (Å²) in [4.78, 5) is 32.2. The maximum atomic E-state index is 14.1. The van der Waals surface area contributed by atoms with Crippen LogP contribution in [0.1, 0.15) is 42.5 Å². The third-order valence-electron chi connectivity index (χ3n) is 9.06. The fraction of sp³-hybridized carbons (Fsp3) is 0.471. The normalized spacial score (nSPS) is 21.5. The molecule has 1 amide bonds. The number of aromatic nitrogens is 2. The highest BCUT2D eigenvalue weighted by molar-refractivity contribution is 5.92. The van der Waals surface area contributed by atoms with E-state index in [-0.39, 0.29) is 36.5 Å². The lowest BCUT2D eigenvalue weighted by atomic mass is 9.80. The van der Waals surface area contributed by atoms with E-state index in [1.165, 1.54) is 0 Å². The number of allylic oxidation sites excluding steroid dienone is 1. The molecule has 45 heavy (non-hydrogen) atoms. The number of ether oxygens (including phenoxy) is 4. The van der Waals surface area contributed by atoms with Gasteiger partial charge in [-0.1, -0.05) is 24.3 Å². The molecule has 6 rings (SSSR count). The molecule has 0 bridgehead atoms. The van der Waals surface area contributed by atoms with Gasteiger partial charge in [0.1, 0.15) is 0 Å². The number of aliphatic hydroxyl groups is 1. The highest BCUT2D eigenvalue weighted by atomic mass is 16.7. The Bertz CT molecular complexity index is 1590. The highest BCUT2D eigenvalue weighted by Gasteiger charge is 2.41. The molecule has 0 aliphatic carbocycles. The molecule has 3 aromatic rings. The lowest BCUT2D eigenvalue weighted by Gasteiger charge is -2.39. The summed E-state index contributed by atoms with van der Waals surface area (Å²) in [5, 5.41) is 9.70. The van der Waals surface area contributed by atoms with Gasteiger partial charge in [0.05, 0.1) is 5.69 Å². The molecule has 0 radical (unpaired) electrons. The van der Waals surface area contributed by atoms with Gasteiger partial charge < -0.3 is 29.0 Å². The molecule has 3 unspecified atom stereocenters. The Morgan fingerprint density at radius 2 is 1.80 bits per heavy atom. The van der Waals surface area contributed by atoms with Crippen LogP contribution in [0.2, 0.25) is 0 Å². The zero-order chi connectivity index (χ0) is 31.5. The van der Waals surface area contributed by atoms with Gasteiger partial charge in [-0.3, -0.25) is 19.2 Å². The Hall–Kier alpha value is -4.06. The van der Waals surface area contributed by atoms with Crippen LogP contribution in [0.3, 0.4) is 0 Å². The predicted molar refractivity (Wildman–Crippen MR) is 167 cm³/mol. The van der Waals surface area contributed by atoms with Gasteiger partial charge >= 0.3 is 0 Å². The van der Waals surface area contributed by atoms with Crippen molar-refractivity contribution in [3.8, 4) is 17.2 Å². The topological polar surface area (TPSA) is 108 Å². The number of carbonyl (C=O) groups is 1. The van der Waals surface area contributed by atoms with E-state index < -0.39 is 12.2 Å². The molecule has 4 heterocycles. The second kappa shape index (κ2) is 13.5. The molecule has 1 aromatic heterocycles. The van der Waals surface area contributed by atoms with Crippen molar-refractivity contribution in [3.63, 3.8) is 0 Å². The molecule has 240 valence electrons. The molecule has 3 aliphatic heterocycles. The van der Waals surface area contributed by atoms with Crippen LogP contribution in [0.15, 0.2) is 65.2 Å². The summed E-state index contributed by atoms with van der Waals surface area (Å²) in [7, 11) is 1.87. The number of amides is 1. The number of para-hydroxylation sites is 1. The summed E-state index contributed by atoms with van der Waals surface area (Å²) in [5.74, 6) is 0.841. The quantitative estimate of drug-likeness (QED) is 0.369. The van der Waals surface area contributed by atoms with Crippen molar-refractivity contribution in [1.29, 1.82) is 0 Å². The van der Waals surface area contributed by atoms with Crippen molar-refractivity contribution in [2.45, 2.75) is 45.4 Å². The van der Waals surface area contributed by atoms with E-state index in [0.717, 1.165) is 35.0 Å². The first-order valence-corrected chi connectivity index (χ1v) is 15.7. The molecule has 1 fully saturated rings. The van der Waals surface area contributed by atoms with E-state index in [1.54, 1.807) is 4.68 Å². The van der Waals surface area contributed by atoms with Crippen molar-refractivity contribution in [2.24, 2.45) is 13.0 Å². The minimum atomic E-state index is -0.730. The zero-order valence-electron chi connectivity index (χ0n) is 26.2. The molecular formula is C34H42N4O7. The Kier molecular flexibility index (Phi) is 9.29. The smallest absolute Gasteiger partial charge is 0.288 e. The van der Waals surface area contributed by atoms with E-state index in [1.807, 2.05) is 85.1 Å².